The minimum atomic E-state index is -0.463. The van der Waals surface area contributed by atoms with Crippen LogP contribution < -0.4 is 11.3 Å². The molecule has 1 aromatic carbocycles. The zero-order valence-electron chi connectivity index (χ0n) is 10.6. The van der Waals surface area contributed by atoms with Gasteiger partial charge in [0, 0.05) is 29.0 Å². The maximum Gasteiger partial charge on any atom is 0.131 e. The van der Waals surface area contributed by atoms with E-state index in [0.717, 1.165) is 13.0 Å². The normalized spacial score (nSPS) is 12.6. The van der Waals surface area contributed by atoms with Crippen LogP contribution in [0.5, 0.6) is 0 Å². The van der Waals surface area contributed by atoms with Crippen LogP contribution in [0.15, 0.2) is 35.1 Å². The van der Waals surface area contributed by atoms with E-state index in [-0.39, 0.29) is 5.82 Å². The summed E-state index contributed by atoms with van der Waals surface area (Å²) < 4.78 is 16.7. The van der Waals surface area contributed by atoms with Crippen molar-refractivity contribution in [3.63, 3.8) is 0 Å². The molecule has 3 N–H and O–H groups in total. The van der Waals surface area contributed by atoms with Crippen molar-refractivity contribution in [1.29, 1.82) is 0 Å². The summed E-state index contributed by atoms with van der Waals surface area (Å²) in [6.07, 6.45) is 4.55. The average molecular weight is 327 g/mol. The Kier molecular flexibility index (Phi) is 4.68. The van der Waals surface area contributed by atoms with E-state index in [9.17, 15) is 4.39 Å². The molecule has 1 aromatic heterocycles. The van der Waals surface area contributed by atoms with Gasteiger partial charge in [-0.05, 0) is 18.6 Å². The van der Waals surface area contributed by atoms with Crippen LogP contribution in [0.2, 0.25) is 0 Å². The number of hydrazine groups is 1. The molecule has 102 valence electrons. The van der Waals surface area contributed by atoms with Crippen LogP contribution >= 0.6 is 15.9 Å². The van der Waals surface area contributed by atoms with Gasteiger partial charge in [-0.2, -0.15) is 0 Å². The Labute approximate surface area is 119 Å². The summed E-state index contributed by atoms with van der Waals surface area (Å²) >= 11 is 3.24. The minimum Gasteiger partial charge on any atom is -0.333 e. The Bertz CT molecular complexity index is 555. The Morgan fingerprint density at radius 3 is 2.95 bits per heavy atom. The summed E-state index contributed by atoms with van der Waals surface area (Å²) in [6.45, 7) is 2.90. The highest BCUT2D eigenvalue weighted by Gasteiger charge is 2.21. The first-order valence-electron chi connectivity index (χ1n) is 6.09. The lowest BCUT2D eigenvalue weighted by atomic mass is 10.1. The van der Waals surface area contributed by atoms with Gasteiger partial charge in [0.25, 0.3) is 0 Å². The highest BCUT2D eigenvalue weighted by Crippen LogP contribution is 2.25. The monoisotopic (exact) mass is 326 g/mol. The molecule has 0 aliphatic carbocycles. The number of nitrogens with two attached hydrogens (primary N) is 1. The third-order valence-electron chi connectivity index (χ3n) is 2.91. The standard InChI is InChI=1S/C13H16BrFN4/c1-2-6-19-7-5-17-13(19)12(18-16)10-4-3-9(14)8-11(10)15/h3-5,7-8,12,18H,2,6,16H2,1H3. The van der Waals surface area contributed by atoms with Crippen molar-refractivity contribution in [2.24, 2.45) is 5.84 Å². The fourth-order valence-electron chi connectivity index (χ4n) is 2.05. The topological polar surface area (TPSA) is 55.9 Å². The molecule has 0 aliphatic heterocycles. The SMILES string of the molecule is CCCn1ccnc1C(NN)c1ccc(Br)cc1F. The molecule has 0 bridgehead atoms. The van der Waals surface area contributed by atoms with Crippen LogP contribution in [0.1, 0.15) is 30.8 Å². The number of hydrogen-bond acceptors (Lipinski definition) is 3. The molecule has 0 fully saturated rings. The molecule has 0 aliphatic rings. The van der Waals surface area contributed by atoms with Gasteiger partial charge in [-0.25, -0.2) is 14.8 Å². The van der Waals surface area contributed by atoms with Crippen molar-refractivity contribution in [2.45, 2.75) is 25.9 Å². The lowest BCUT2D eigenvalue weighted by Gasteiger charge is -2.18. The zero-order valence-corrected chi connectivity index (χ0v) is 12.2. The van der Waals surface area contributed by atoms with E-state index >= 15 is 0 Å². The number of aromatic nitrogens is 2. The second-order valence-corrected chi connectivity index (χ2v) is 5.16. The minimum absolute atomic E-state index is 0.316. The molecule has 2 aromatic rings. The van der Waals surface area contributed by atoms with Crippen LogP contribution in [-0.2, 0) is 6.54 Å². The maximum atomic E-state index is 14.0. The highest BCUT2D eigenvalue weighted by molar-refractivity contribution is 9.10. The lowest BCUT2D eigenvalue weighted by molar-refractivity contribution is 0.515. The Balaban J connectivity index is 2.41. The van der Waals surface area contributed by atoms with Crippen LogP contribution in [0, 0.1) is 5.82 Å². The van der Waals surface area contributed by atoms with Gasteiger partial charge in [-0.1, -0.05) is 28.9 Å². The first kappa shape index (κ1) is 14.2. The second kappa shape index (κ2) is 6.27. The van der Waals surface area contributed by atoms with Crippen LogP contribution in [0.25, 0.3) is 0 Å². The summed E-state index contributed by atoms with van der Waals surface area (Å²) in [7, 11) is 0. The summed E-state index contributed by atoms with van der Waals surface area (Å²) in [4.78, 5) is 4.29. The van der Waals surface area contributed by atoms with E-state index in [1.165, 1.54) is 6.07 Å². The lowest BCUT2D eigenvalue weighted by Crippen LogP contribution is -2.31. The number of rotatable bonds is 5. The van der Waals surface area contributed by atoms with Crippen LogP contribution in [-0.4, -0.2) is 9.55 Å². The Hall–Kier alpha value is -1.24. The quantitative estimate of drug-likeness (QED) is 0.656. The Morgan fingerprint density at radius 2 is 2.32 bits per heavy atom. The van der Waals surface area contributed by atoms with Crippen LogP contribution in [0.4, 0.5) is 4.39 Å². The number of aryl methyl sites for hydroxylation is 1. The van der Waals surface area contributed by atoms with Crippen LogP contribution in [0.3, 0.4) is 0 Å². The molecule has 2 rings (SSSR count). The van der Waals surface area contributed by atoms with Crippen molar-refractivity contribution >= 4 is 15.9 Å². The summed E-state index contributed by atoms with van der Waals surface area (Å²) in [5.74, 6) is 5.98. The van der Waals surface area contributed by atoms with Gasteiger partial charge in [0.2, 0.25) is 0 Å². The fraction of sp³-hybridized carbons (Fsp3) is 0.308. The third-order valence-corrected chi connectivity index (χ3v) is 3.40. The number of benzene rings is 1. The molecule has 1 atom stereocenters. The molecule has 6 heteroatoms. The first-order chi connectivity index (χ1) is 9.17. The van der Waals surface area contributed by atoms with E-state index in [2.05, 4.69) is 33.3 Å². The summed E-state index contributed by atoms with van der Waals surface area (Å²) in [6, 6.07) is 4.45. The van der Waals surface area contributed by atoms with Gasteiger partial charge in [-0.15, -0.1) is 0 Å². The van der Waals surface area contributed by atoms with E-state index in [1.807, 2.05) is 10.8 Å². The summed E-state index contributed by atoms with van der Waals surface area (Å²) in [5, 5.41) is 0. The second-order valence-electron chi connectivity index (χ2n) is 4.24. The van der Waals surface area contributed by atoms with E-state index in [4.69, 9.17) is 5.84 Å². The molecule has 0 radical (unpaired) electrons. The number of nitrogens with zero attached hydrogens (tertiary/aromatic N) is 2. The van der Waals surface area contributed by atoms with E-state index in [0.29, 0.717) is 15.9 Å². The average Bonchev–Trinajstić information content (AvgIpc) is 2.82. The van der Waals surface area contributed by atoms with Gasteiger partial charge in [0.1, 0.15) is 17.7 Å². The smallest absolute Gasteiger partial charge is 0.131 e. The molecule has 0 amide bonds. The highest BCUT2D eigenvalue weighted by atomic mass is 79.9. The third kappa shape index (κ3) is 3.02. The molecule has 0 saturated carbocycles. The molecular weight excluding hydrogens is 311 g/mol. The number of hydrogen-bond donors (Lipinski definition) is 2. The number of halogens is 2. The van der Waals surface area contributed by atoms with Crippen molar-refractivity contribution in [2.75, 3.05) is 0 Å². The molecule has 4 nitrogen and oxygen atoms in total. The van der Waals surface area contributed by atoms with Crippen molar-refractivity contribution in [3.8, 4) is 0 Å². The summed E-state index contributed by atoms with van der Waals surface area (Å²) in [5.41, 5.74) is 3.12. The Morgan fingerprint density at radius 1 is 1.53 bits per heavy atom. The zero-order chi connectivity index (χ0) is 13.8. The van der Waals surface area contributed by atoms with Crippen molar-refractivity contribution in [1.82, 2.24) is 15.0 Å². The molecule has 1 heterocycles. The van der Waals surface area contributed by atoms with E-state index in [1.54, 1.807) is 18.3 Å². The molecule has 0 spiro atoms. The van der Waals surface area contributed by atoms with E-state index < -0.39 is 6.04 Å². The van der Waals surface area contributed by atoms with Gasteiger partial charge < -0.3 is 4.57 Å². The first-order valence-corrected chi connectivity index (χ1v) is 6.88. The molecule has 19 heavy (non-hydrogen) atoms. The maximum absolute atomic E-state index is 14.0. The van der Waals surface area contributed by atoms with Crippen molar-refractivity contribution in [3.05, 3.63) is 52.3 Å². The number of nitrogens with one attached hydrogen (secondary N) is 1. The molecular formula is C13H16BrFN4. The predicted molar refractivity (Wildman–Crippen MR) is 75.8 cm³/mol. The van der Waals surface area contributed by atoms with Crippen molar-refractivity contribution < 1.29 is 4.39 Å². The van der Waals surface area contributed by atoms with Gasteiger partial charge in [0.05, 0.1) is 0 Å². The predicted octanol–water partition coefficient (Wildman–Crippen LogP) is 2.75. The van der Waals surface area contributed by atoms with Gasteiger partial charge >= 0.3 is 0 Å². The molecule has 0 saturated heterocycles. The van der Waals surface area contributed by atoms with Gasteiger partial charge in [-0.3, -0.25) is 5.84 Å². The molecule has 1 unspecified atom stereocenters. The largest absolute Gasteiger partial charge is 0.333 e. The fourth-order valence-corrected chi connectivity index (χ4v) is 2.38. The number of imidazole rings is 1. The van der Waals surface area contributed by atoms with Gasteiger partial charge in [0.15, 0.2) is 0 Å².